The van der Waals surface area contributed by atoms with Crippen LogP contribution < -0.4 is 20.3 Å². The van der Waals surface area contributed by atoms with Gasteiger partial charge in [-0.1, -0.05) is 36.4 Å². The van der Waals surface area contributed by atoms with E-state index in [1.807, 2.05) is 48.5 Å². The topological polar surface area (TPSA) is 106 Å². The number of benzene rings is 2. The molecule has 0 saturated heterocycles. The first-order valence-corrected chi connectivity index (χ1v) is 11.5. The van der Waals surface area contributed by atoms with Crippen molar-refractivity contribution < 1.29 is 19.5 Å². The lowest BCUT2D eigenvalue weighted by atomic mass is 10.00. The molecule has 1 saturated carbocycles. The Morgan fingerprint density at radius 2 is 1.71 bits per heavy atom. The minimum Gasteiger partial charge on any atom is -0.494 e. The SMILES string of the molecule is COc1c(-c2ccc(-c3ccc(OCCNC4CC4)cc3)cc2)nc2ccncc2c1C(=O)NO. The van der Waals surface area contributed by atoms with Crippen LogP contribution in [0.4, 0.5) is 0 Å². The summed E-state index contributed by atoms with van der Waals surface area (Å²) in [5.41, 5.74) is 5.82. The number of hydroxylamine groups is 1. The normalized spacial score (nSPS) is 13.0. The number of hydrogen-bond donors (Lipinski definition) is 3. The Hall–Kier alpha value is -4.01. The van der Waals surface area contributed by atoms with E-state index in [2.05, 4.69) is 10.3 Å². The van der Waals surface area contributed by atoms with Crippen LogP contribution in [0.25, 0.3) is 33.3 Å². The minimum absolute atomic E-state index is 0.176. The van der Waals surface area contributed by atoms with Crippen molar-refractivity contribution in [2.45, 2.75) is 18.9 Å². The van der Waals surface area contributed by atoms with Crippen molar-refractivity contribution in [2.24, 2.45) is 0 Å². The highest BCUT2D eigenvalue weighted by atomic mass is 16.5. The molecule has 0 atom stereocenters. The number of amides is 1. The summed E-state index contributed by atoms with van der Waals surface area (Å²) in [7, 11) is 1.47. The first-order chi connectivity index (χ1) is 17.2. The number of ether oxygens (including phenoxy) is 2. The van der Waals surface area contributed by atoms with Gasteiger partial charge in [0.25, 0.3) is 5.91 Å². The molecule has 4 aromatic rings. The van der Waals surface area contributed by atoms with E-state index >= 15 is 0 Å². The van der Waals surface area contributed by atoms with Crippen molar-refractivity contribution in [1.82, 2.24) is 20.8 Å². The summed E-state index contributed by atoms with van der Waals surface area (Å²) in [6, 6.07) is 18.3. The van der Waals surface area contributed by atoms with Crippen molar-refractivity contribution in [3.8, 4) is 33.9 Å². The van der Waals surface area contributed by atoms with Gasteiger partial charge in [0.05, 0.1) is 18.2 Å². The molecule has 178 valence electrons. The summed E-state index contributed by atoms with van der Waals surface area (Å²) in [5.74, 6) is 0.422. The Balaban J connectivity index is 1.39. The summed E-state index contributed by atoms with van der Waals surface area (Å²) in [5, 5.41) is 13.2. The molecule has 2 heterocycles. The third-order valence-electron chi connectivity index (χ3n) is 6.00. The summed E-state index contributed by atoms with van der Waals surface area (Å²) in [4.78, 5) is 21.3. The molecule has 35 heavy (non-hydrogen) atoms. The molecule has 8 heteroatoms. The first-order valence-electron chi connectivity index (χ1n) is 11.5. The third-order valence-corrected chi connectivity index (χ3v) is 6.00. The molecule has 0 radical (unpaired) electrons. The van der Waals surface area contributed by atoms with E-state index in [-0.39, 0.29) is 11.3 Å². The predicted molar refractivity (Wildman–Crippen MR) is 133 cm³/mol. The number of nitrogens with zero attached hydrogens (tertiary/aromatic N) is 2. The largest absolute Gasteiger partial charge is 0.494 e. The second kappa shape index (κ2) is 10.1. The van der Waals surface area contributed by atoms with Crippen LogP contribution in [-0.2, 0) is 0 Å². The molecule has 0 bridgehead atoms. The average Bonchev–Trinajstić information content (AvgIpc) is 3.74. The number of carbonyl (C=O) groups excluding carboxylic acids is 1. The number of hydrogen-bond acceptors (Lipinski definition) is 7. The van der Waals surface area contributed by atoms with Crippen molar-refractivity contribution in [2.75, 3.05) is 20.3 Å². The number of carbonyl (C=O) groups is 1. The second-order valence-corrected chi connectivity index (χ2v) is 8.38. The Bertz CT molecular complexity index is 1340. The van der Waals surface area contributed by atoms with Crippen molar-refractivity contribution >= 4 is 16.8 Å². The van der Waals surface area contributed by atoms with E-state index in [9.17, 15) is 10.0 Å². The lowest BCUT2D eigenvalue weighted by molar-refractivity contribution is 0.0705. The monoisotopic (exact) mass is 470 g/mol. The Labute approximate surface area is 202 Å². The smallest absolute Gasteiger partial charge is 0.279 e. The number of nitrogens with one attached hydrogen (secondary N) is 2. The van der Waals surface area contributed by atoms with Gasteiger partial charge in [-0.05, 0) is 42.2 Å². The van der Waals surface area contributed by atoms with E-state index in [0.29, 0.717) is 29.2 Å². The summed E-state index contributed by atoms with van der Waals surface area (Å²) >= 11 is 0. The highest BCUT2D eigenvalue weighted by molar-refractivity contribution is 6.09. The fourth-order valence-corrected chi connectivity index (χ4v) is 4.05. The molecule has 2 aromatic carbocycles. The van der Waals surface area contributed by atoms with Gasteiger partial charge in [-0.25, -0.2) is 10.5 Å². The van der Waals surface area contributed by atoms with Crippen molar-refractivity contribution in [3.63, 3.8) is 0 Å². The fourth-order valence-electron chi connectivity index (χ4n) is 4.05. The molecule has 0 unspecified atom stereocenters. The van der Waals surface area contributed by atoms with Crippen LogP contribution in [0.5, 0.6) is 11.5 Å². The molecule has 5 rings (SSSR count). The number of rotatable bonds is 9. The van der Waals surface area contributed by atoms with Crippen LogP contribution in [0.1, 0.15) is 23.2 Å². The number of aromatic nitrogens is 2. The highest BCUT2D eigenvalue weighted by Gasteiger charge is 2.23. The van der Waals surface area contributed by atoms with Crippen LogP contribution in [0.3, 0.4) is 0 Å². The standard InChI is InChI=1S/C27H26N4O4/c1-34-26-24(27(32)31-33)22-16-28-13-12-23(22)30-25(26)19-4-2-17(3-5-19)18-6-10-21(11-7-18)35-15-14-29-20-8-9-20/h2-7,10-13,16,20,29,33H,8-9,14-15H2,1H3,(H,31,32). The first kappa shape index (κ1) is 22.8. The van der Waals surface area contributed by atoms with Crippen molar-refractivity contribution in [3.05, 3.63) is 72.6 Å². The summed E-state index contributed by atoms with van der Waals surface area (Å²) in [6.45, 7) is 1.51. The molecule has 1 fully saturated rings. The van der Waals surface area contributed by atoms with Crippen molar-refractivity contribution in [1.29, 1.82) is 0 Å². The van der Waals surface area contributed by atoms with Crippen LogP contribution in [-0.4, -0.2) is 47.4 Å². The van der Waals surface area contributed by atoms with Gasteiger partial charge in [0, 0.05) is 35.9 Å². The lowest BCUT2D eigenvalue weighted by Gasteiger charge is -2.15. The predicted octanol–water partition coefficient (Wildman–Crippen LogP) is 4.22. The van der Waals surface area contributed by atoms with Gasteiger partial charge in [-0.15, -0.1) is 0 Å². The maximum absolute atomic E-state index is 12.5. The van der Waals surface area contributed by atoms with E-state index in [4.69, 9.17) is 14.5 Å². The molecule has 1 amide bonds. The van der Waals surface area contributed by atoms with Gasteiger partial charge >= 0.3 is 0 Å². The third kappa shape index (κ3) is 4.94. The van der Waals surface area contributed by atoms with Gasteiger partial charge in [0.15, 0.2) is 5.75 Å². The van der Waals surface area contributed by atoms with Crippen LogP contribution in [0.2, 0.25) is 0 Å². The second-order valence-electron chi connectivity index (χ2n) is 8.38. The fraction of sp³-hybridized carbons (Fsp3) is 0.222. The molecular formula is C27H26N4O4. The minimum atomic E-state index is -0.689. The molecule has 3 N–H and O–H groups in total. The maximum Gasteiger partial charge on any atom is 0.279 e. The van der Waals surface area contributed by atoms with Gasteiger partial charge < -0.3 is 14.8 Å². The Morgan fingerprint density at radius 1 is 1.03 bits per heavy atom. The summed E-state index contributed by atoms with van der Waals surface area (Å²) in [6.07, 6.45) is 5.67. The zero-order valence-corrected chi connectivity index (χ0v) is 19.3. The molecular weight excluding hydrogens is 444 g/mol. The summed E-state index contributed by atoms with van der Waals surface area (Å²) < 4.78 is 11.4. The molecule has 8 nitrogen and oxygen atoms in total. The van der Waals surface area contributed by atoms with Crippen LogP contribution in [0.15, 0.2) is 67.0 Å². The van der Waals surface area contributed by atoms with E-state index in [1.165, 1.54) is 26.1 Å². The Morgan fingerprint density at radius 3 is 2.37 bits per heavy atom. The zero-order chi connectivity index (χ0) is 24.2. The van der Waals surface area contributed by atoms with Crippen LogP contribution in [0, 0.1) is 0 Å². The zero-order valence-electron chi connectivity index (χ0n) is 19.3. The van der Waals surface area contributed by atoms with E-state index in [0.717, 1.165) is 29.0 Å². The maximum atomic E-state index is 12.5. The van der Waals surface area contributed by atoms with E-state index in [1.54, 1.807) is 17.7 Å². The quantitative estimate of drug-likeness (QED) is 0.191. The molecule has 0 spiro atoms. The van der Waals surface area contributed by atoms with Crippen LogP contribution >= 0.6 is 0 Å². The number of fused-ring (bicyclic) bond motifs is 1. The average molecular weight is 471 g/mol. The van der Waals surface area contributed by atoms with Gasteiger partial charge in [-0.2, -0.15) is 0 Å². The molecule has 1 aliphatic rings. The molecule has 0 aliphatic heterocycles. The molecule has 1 aliphatic carbocycles. The number of pyridine rings is 2. The Kier molecular flexibility index (Phi) is 6.56. The number of methoxy groups -OCH3 is 1. The van der Waals surface area contributed by atoms with E-state index < -0.39 is 5.91 Å². The lowest BCUT2D eigenvalue weighted by Crippen LogP contribution is -2.22. The van der Waals surface area contributed by atoms with Gasteiger partial charge in [0.2, 0.25) is 0 Å². The highest BCUT2D eigenvalue weighted by Crippen LogP contribution is 2.36. The van der Waals surface area contributed by atoms with Gasteiger partial charge in [-0.3, -0.25) is 15.0 Å². The molecule has 2 aromatic heterocycles. The van der Waals surface area contributed by atoms with Gasteiger partial charge in [0.1, 0.15) is 18.1 Å².